The number of rotatable bonds is 4. The van der Waals surface area contributed by atoms with E-state index in [4.69, 9.17) is 11.6 Å². The minimum absolute atomic E-state index is 0.0947. The number of hydrogen-bond donors (Lipinski definition) is 1. The van der Waals surface area contributed by atoms with E-state index in [0.717, 1.165) is 35.4 Å². The van der Waals surface area contributed by atoms with Crippen LogP contribution in [0.4, 0.5) is 0 Å². The first-order valence-electron chi connectivity index (χ1n) is 6.72. The number of nitrogens with one attached hydrogen (secondary N) is 1. The van der Waals surface area contributed by atoms with Crippen LogP contribution in [0.3, 0.4) is 0 Å². The summed E-state index contributed by atoms with van der Waals surface area (Å²) in [7, 11) is -2.81. The number of aromatic nitrogens is 1. The smallest absolute Gasteiger partial charge is 0.151 e. The van der Waals surface area contributed by atoms with Gasteiger partial charge in [-0.15, -0.1) is 0 Å². The molecule has 20 heavy (non-hydrogen) atoms. The van der Waals surface area contributed by atoms with Gasteiger partial charge in [-0.1, -0.05) is 29.8 Å². The number of fused-ring (bicyclic) bond motifs is 1. The van der Waals surface area contributed by atoms with E-state index in [-0.39, 0.29) is 11.8 Å². The molecule has 1 unspecified atom stereocenters. The van der Waals surface area contributed by atoms with Gasteiger partial charge in [-0.05, 0) is 12.5 Å². The fourth-order valence-corrected chi connectivity index (χ4v) is 4.72. The van der Waals surface area contributed by atoms with Crippen LogP contribution in [0, 0.1) is 0 Å². The third-order valence-electron chi connectivity index (χ3n) is 3.76. The minimum atomic E-state index is -2.81. The average molecular weight is 313 g/mol. The highest BCUT2D eigenvalue weighted by Gasteiger charge is 2.27. The van der Waals surface area contributed by atoms with Gasteiger partial charge in [-0.3, -0.25) is 0 Å². The predicted octanol–water partition coefficient (Wildman–Crippen LogP) is 2.07. The van der Waals surface area contributed by atoms with Crippen LogP contribution in [0.15, 0.2) is 30.5 Å². The normalized spacial score (nSPS) is 21.6. The highest BCUT2D eigenvalue weighted by Crippen LogP contribution is 2.25. The molecule has 0 saturated carbocycles. The van der Waals surface area contributed by atoms with Gasteiger partial charge in [-0.2, -0.15) is 0 Å². The van der Waals surface area contributed by atoms with E-state index in [1.165, 1.54) is 0 Å². The lowest BCUT2D eigenvalue weighted by molar-refractivity contribution is 0.525. The van der Waals surface area contributed by atoms with Crippen molar-refractivity contribution in [2.24, 2.45) is 0 Å². The first-order chi connectivity index (χ1) is 9.55. The van der Waals surface area contributed by atoms with Gasteiger partial charge < -0.3 is 9.88 Å². The van der Waals surface area contributed by atoms with Crippen molar-refractivity contribution in [3.05, 3.63) is 35.5 Å². The maximum absolute atomic E-state index is 11.4. The Balaban J connectivity index is 1.63. The predicted molar refractivity (Wildman–Crippen MR) is 82.0 cm³/mol. The number of sulfone groups is 1. The summed E-state index contributed by atoms with van der Waals surface area (Å²) in [6.07, 6.45) is 2.65. The van der Waals surface area contributed by atoms with Gasteiger partial charge in [0.05, 0.1) is 16.5 Å². The Kier molecular flexibility index (Phi) is 3.75. The van der Waals surface area contributed by atoms with Crippen molar-refractivity contribution in [2.45, 2.75) is 19.0 Å². The maximum Gasteiger partial charge on any atom is 0.151 e. The Bertz CT molecular complexity index is 724. The van der Waals surface area contributed by atoms with Crippen molar-refractivity contribution in [3.63, 3.8) is 0 Å². The molecule has 4 nitrogen and oxygen atoms in total. The SMILES string of the molecule is O=S1(=O)CCC(NCCn2cc(Cl)c3ccccc32)C1. The second-order valence-corrected chi connectivity index (χ2v) is 7.88. The molecule has 1 saturated heterocycles. The van der Waals surface area contributed by atoms with E-state index in [9.17, 15) is 8.42 Å². The van der Waals surface area contributed by atoms with Crippen molar-refractivity contribution in [3.8, 4) is 0 Å². The van der Waals surface area contributed by atoms with Crippen LogP contribution < -0.4 is 5.32 Å². The van der Waals surface area contributed by atoms with E-state index >= 15 is 0 Å². The number of benzene rings is 1. The number of nitrogens with zero attached hydrogens (tertiary/aromatic N) is 1. The van der Waals surface area contributed by atoms with Crippen molar-refractivity contribution in [2.75, 3.05) is 18.1 Å². The summed E-state index contributed by atoms with van der Waals surface area (Å²) in [5.74, 6) is 0.573. The van der Waals surface area contributed by atoms with Crippen molar-refractivity contribution >= 4 is 32.3 Å². The first-order valence-corrected chi connectivity index (χ1v) is 8.92. The Morgan fingerprint density at radius 1 is 1.35 bits per heavy atom. The van der Waals surface area contributed by atoms with Crippen molar-refractivity contribution in [1.29, 1.82) is 0 Å². The summed E-state index contributed by atoms with van der Waals surface area (Å²) in [4.78, 5) is 0. The molecule has 6 heteroatoms. The number of halogens is 1. The molecule has 1 fully saturated rings. The van der Waals surface area contributed by atoms with Crippen LogP contribution in [-0.4, -0.2) is 37.1 Å². The summed E-state index contributed by atoms with van der Waals surface area (Å²) >= 11 is 6.20. The number of para-hydroxylation sites is 1. The Hall–Kier alpha value is -1.04. The fourth-order valence-electron chi connectivity index (χ4n) is 2.73. The summed E-state index contributed by atoms with van der Waals surface area (Å²) in [5.41, 5.74) is 1.11. The van der Waals surface area contributed by atoms with Crippen LogP contribution in [0.1, 0.15) is 6.42 Å². The lowest BCUT2D eigenvalue weighted by Gasteiger charge is -2.11. The molecule has 2 heterocycles. The Labute approximate surface area is 123 Å². The summed E-state index contributed by atoms with van der Waals surface area (Å²) in [5, 5.41) is 5.12. The molecular weight excluding hydrogens is 296 g/mol. The van der Waals surface area contributed by atoms with Gasteiger partial charge >= 0.3 is 0 Å². The van der Waals surface area contributed by atoms with E-state index in [1.54, 1.807) is 0 Å². The average Bonchev–Trinajstić information content (AvgIpc) is 2.92. The van der Waals surface area contributed by atoms with Gasteiger partial charge in [0.2, 0.25) is 0 Å². The van der Waals surface area contributed by atoms with Crippen LogP contribution in [-0.2, 0) is 16.4 Å². The van der Waals surface area contributed by atoms with Crippen LogP contribution >= 0.6 is 11.6 Å². The molecule has 0 radical (unpaired) electrons. The molecule has 3 rings (SSSR count). The highest BCUT2D eigenvalue weighted by atomic mass is 35.5. The lowest BCUT2D eigenvalue weighted by Crippen LogP contribution is -2.32. The second-order valence-electron chi connectivity index (χ2n) is 5.24. The molecule has 0 amide bonds. The fraction of sp³-hybridized carbons (Fsp3) is 0.429. The zero-order valence-electron chi connectivity index (χ0n) is 11.0. The standard InChI is InChI=1S/C14H17ClN2O2S/c15-13-9-17(14-4-2-1-3-12(13)14)7-6-16-11-5-8-20(18,19)10-11/h1-4,9,11,16H,5-8,10H2. The summed E-state index contributed by atoms with van der Waals surface area (Å²) < 4.78 is 24.9. The van der Waals surface area contributed by atoms with Gasteiger partial charge in [0.25, 0.3) is 0 Å². The maximum atomic E-state index is 11.4. The molecule has 1 aromatic carbocycles. The quantitative estimate of drug-likeness (QED) is 0.940. The topological polar surface area (TPSA) is 51.1 Å². The second kappa shape index (κ2) is 5.39. The van der Waals surface area contributed by atoms with Crippen molar-refractivity contribution < 1.29 is 8.42 Å². The van der Waals surface area contributed by atoms with Crippen LogP contribution in [0.2, 0.25) is 5.02 Å². The molecule has 2 aromatic rings. The van der Waals surface area contributed by atoms with Crippen LogP contribution in [0.5, 0.6) is 0 Å². The number of hydrogen-bond acceptors (Lipinski definition) is 3. The summed E-state index contributed by atoms with van der Waals surface area (Å²) in [6, 6.07) is 8.11. The first kappa shape index (κ1) is 13.9. The summed E-state index contributed by atoms with van der Waals surface area (Å²) in [6.45, 7) is 1.53. The molecule has 1 N–H and O–H groups in total. The molecule has 0 spiro atoms. The Morgan fingerprint density at radius 2 is 2.15 bits per heavy atom. The van der Waals surface area contributed by atoms with Gasteiger partial charge in [0, 0.05) is 36.2 Å². The molecule has 0 bridgehead atoms. The van der Waals surface area contributed by atoms with Crippen molar-refractivity contribution in [1.82, 2.24) is 9.88 Å². The van der Waals surface area contributed by atoms with Crippen LogP contribution in [0.25, 0.3) is 10.9 Å². The molecule has 1 aliphatic heterocycles. The van der Waals surface area contributed by atoms with E-state index in [1.807, 2.05) is 30.5 Å². The zero-order chi connectivity index (χ0) is 14.2. The molecular formula is C14H17ClN2O2S. The van der Waals surface area contributed by atoms with E-state index in [2.05, 4.69) is 9.88 Å². The zero-order valence-corrected chi connectivity index (χ0v) is 12.6. The highest BCUT2D eigenvalue weighted by molar-refractivity contribution is 7.91. The molecule has 1 aliphatic rings. The third kappa shape index (κ3) is 2.85. The van der Waals surface area contributed by atoms with Gasteiger partial charge in [-0.25, -0.2) is 8.42 Å². The molecule has 108 valence electrons. The largest absolute Gasteiger partial charge is 0.345 e. The van der Waals surface area contributed by atoms with Gasteiger partial charge in [0.15, 0.2) is 9.84 Å². The van der Waals surface area contributed by atoms with Gasteiger partial charge in [0.1, 0.15) is 0 Å². The molecule has 1 aromatic heterocycles. The minimum Gasteiger partial charge on any atom is -0.345 e. The lowest BCUT2D eigenvalue weighted by atomic mass is 10.2. The Morgan fingerprint density at radius 3 is 2.90 bits per heavy atom. The third-order valence-corrected chi connectivity index (χ3v) is 5.83. The molecule has 0 aliphatic carbocycles. The monoisotopic (exact) mass is 312 g/mol. The van der Waals surface area contributed by atoms with E-state index < -0.39 is 9.84 Å². The van der Waals surface area contributed by atoms with E-state index in [0.29, 0.717) is 5.75 Å². The molecule has 1 atom stereocenters.